The second-order valence-corrected chi connectivity index (χ2v) is 4.25. The van der Waals surface area contributed by atoms with Crippen molar-refractivity contribution in [3.8, 4) is 0 Å². The van der Waals surface area contributed by atoms with Crippen LogP contribution in [-0.4, -0.2) is 52.8 Å². The highest BCUT2D eigenvalue weighted by Gasteiger charge is 2.94. The van der Waals surface area contributed by atoms with E-state index >= 15 is 0 Å². The number of carboxylic acids is 1. The van der Waals surface area contributed by atoms with E-state index in [2.05, 4.69) is 13.2 Å². The maximum absolute atomic E-state index is 12.8. The van der Waals surface area contributed by atoms with E-state index < -0.39 is 47.7 Å². The third kappa shape index (κ3) is 3.51. The third-order valence-corrected chi connectivity index (χ3v) is 2.60. The van der Waals surface area contributed by atoms with Crippen LogP contribution in [0.5, 0.6) is 0 Å². The number of carboxylic acid groups (broad SMARTS) is 1. The van der Waals surface area contributed by atoms with Gasteiger partial charge in [-0.05, 0) is 0 Å². The van der Waals surface area contributed by atoms with Crippen molar-refractivity contribution in [2.24, 2.45) is 0 Å². The lowest BCUT2D eigenvalue weighted by molar-refractivity contribution is -0.450. The molecule has 0 spiro atoms. The fourth-order valence-electron chi connectivity index (χ4n) is 1.10. The molecule has 0 bridgehead atoms. The number of aliphatic carboxylic acids is 1. The lowest BCUT2D eigenvalue weighted by atomic mass is 9.91. The molecule has 0 atom stereocenters. The Morgan fingerprint density at radius 1 is 0.519 bits per heavy atom. The van der Waals surface area contributed by atoms with E-state index in [9.17, 15) is 70.7 Å². The zero-order valence-corrected chi connectivity index (χ0v) is 11.9. The first-order valence-corrected chi connectivity index (χ1v) is 5.51. The fourth-order valence-corrected chi connectivity index (χ4v) is 1.10. The molecule has 0 aromatic heterocycles. The summed E-state index contributed by atoms with van der Waals surface area (Å²) in [7, 11) is 0. The molecule has 0 aromatic carbocycles. The van der Waals surface area contributed by atoms with Crippen molar-refractivity contribution in [3.05, 3.63) is 13.2 Å². The summed E-state index contributed by atoms with van der Waals surface area (Å²) in [6, 6.07) is 0. The van der Waals surface area contributed by atoms with Gasteiger partial charge in [0.25, 0.3) is 0 Å². The van der Waals surface area contributed by atoms with E-state index in [1.807, 2.05) is 0 Å². The van der Waals surface area contributed by atoms with Gasteiger partial charge in [-0.15, -0.1) is 13.2 Å². The van der Waals surface area contributed by atoms with Crippen LogP contribution in [0.1, 0.15) is 0 Å². The van der Waals surface area contributed by atoms with E-state index in [4.69, 9.17) is 5.11 Å². The standard InChI is InChI=1S/C8HF15O2.C2H4/c9-2(10,1(24)25)3(11,12)4(13,14)5(15,16)6(17,18)7(19,20)8(21,22)23;1-2/h(H,24,25);1-2H2. The highest BCUT2D eigenvalue weighted by molar-refractivity contribution is 5.77. The summed E-state index contributed by atoms with van der Waals surface area (Å²) in [5.74, 6) is -52.8. The average Bonchev–Trinajstić information content (AvgIpc) is 2.46. The average molecular weight is 442 g/mol. The van der Waals surface area contributed by atoms with Gasteiger partial charge in [-0.2, -0.15) is 65.9 Å². The molecular formula is C10H5F15O2. The quantitative estimate of drug-likeness (QED) is 0.451. The molecule has 0 aromatic rings. The first-order chi connectivity index (χ1) is 11.4. The number of rotatable bonds is 6. The van der Waals surface area contributed by atoms with Crippen LogP contribution < -0.4 is 0 Å². The van der Waals surface area contributed by atoms with Crippen molar-refractivity contribution in [1.82, 2.24) is 0 Å². The highest BCUT2D eigenvalue weighted by Crippen LogP contribution is 2.62. The third-order valence-electron chi connectivity index (χ3n) is 2.60. The second kappa shape index (κ2) is 6.96. The Kier molecular flexibility index (Phi) is 7.05. The Bertz CT molecular complexity index is 547. The van der Waals surface area contributed by atoms with E-state index in [0.29, 0.717) is 0 Å². The predicted octanol–water partition coefficient (Wildman–Crippen LogP) is 5.25. The number of hydrogen-bond acceptors (Lipinski definition) is 1. The van der Waals surface area contributed by atoms with Crippen LogP contribution in [0.3, 0.4) is 0 Å². The molecule has 27 heavy (non-hydrogen) atoms. The molecule has 0 heterocycles. The van der Waals surface area contributed by atoms with Crippen LogP contribution in [-0.2, 0) is 4.79 Å². The molecule has 2 nitrogen and oxygen atoms in total. The minimum atomic E-state index is -8.47. The number of alkyl halides is 15. The van der Waals surface area contributed by atoms with E-state index in [0.717, 1.165) is 0 Å². The predicted molar refractivity (Wildman–Crippen MR) is 54.6 cm³/mol. The van der Waals surface area contributed by atoms with Crippen LogP contribution >= 0.6 is 0 Å². The Morgan fingerprint density at radius 3 is 0.963 bits per heavy atom. The monoisotopic (exact) mass is 442 g/mol. The number of halogens is 15. The van der Waals surface area contributed by atoms with Crippen molar-refractivity contribution in [3.63, 3.8) is 0 Å². The molecule has 0 aliphatic heterocycles. The molecule has 0 rings (SSSR count). The molecule has 0 saturated heterocycles. The molecule has 0 amide bonds. The van der Waals surface area contributed by atoms with Gasteiger partial charge in [-0.25, -0.2) is 4.79 Å². The highest BCUT2D eigenvalue weighted by atomic mass is 19.4. The summed E-state index contributed by atoms with van der Waals surface area (Å²) >= 11 is 0. The summed E-state index contributed by atoms with van der Waals surface area (Å²) in [5.41, 5.74) is 0. The fraction of sp³-hybridized carbons (Fsp3) is 0.700. The zero-order valence-electron chi connectivity index (χ0n) is 11.9. The van der Waals surface area contributed by atoms with Gasteiger partial charge in [0.05, 0.1) is 0 Å². The van der Waals surface area contributed by atoms with Crippen molar-refractivity contribution in [2.45, 2.75) is 41.7 Å². The van der Waals surface area contributed by atoms with Gasteiger partial charge in [-0.1, -0.05) is 0 Å². The molecule has 1 N–H and O–H groups in total. The Morgan fingerprint density at radius 2 is 0.741 bits per heavy atom. The van der Waals surface area contributed by atoms with Crippen LogP contribution in [0.15, 0.2) is 13.2 Å². The lowest BCUT2D eigenvalue weighted by Crippen LogP contribution is -2.73. The molecule has 162 valence electrons. The largest absolute Gasteiger partial charge is 0.477 e. The zero-order chi connectivity index (χ0) is 23.1. The van der Waals surface area contributed by atoms with Crippen LogP contribution in [0.2, 0.25) is 0 Å². The van der Waals surface area contributed by atoms with Crippen LogP contribution in [0.4, 0.5) is 65.9 Å². The minimum absolute atomic E-state index is 3.00. The second-order valence-electron chi connectivity index (χ2n) is 4.25. The van der Waals surface area contributed by atoms with Gasteiger partial charge in [0.2, 0.25) is 0 Å². The molecule has 0 radical (unpaired) electrons. The van der Waals surface area contributed by atoms with Crippen molar-refractivity contribution in [1.29, 1.82) is 0 Å². The van der Waals surface area contributed by atoms with Gasteiger partial charge in [0.1, 0.15) is 0 Å². The molecule has 0 unspecified atom stereocenters. The molecular weight excluding hydrogens is 437 g/mol. The number of hydrogen-bond donors (Lipinski definition) is 1. The van der Waals surface area contributed by atoms with Gasteiger partial charge in [0.15, 0.2) is 0 Å². The first-order valence-electron chi connectivity index (χ1n) is 5.51. The summed E-state index contributed by atoms with van der Waals surface area (Å²) in [4.78, 5) is 9.72. The van der Waals surface area contributed by atoms with E-state index in [-0.39, 0.29) is 0 Å². The number of carbonyl (C=O) groups is 1. The molecule has 0 aliphatic carbocycles. The van der Waals surface area contributed by atoms with E-state index in [1.54, 1.807) is 0 Å². The SMILES string of the molecule is C=C.O=C(O)C(F)(F)C(F)(F)C(F)(F)C(F)(F)C(F)(F)C(F)(F)C(F)(F)F. The van der Waals surface area contributed by atoms with Gasteiger partial charge >= 0.3 is 47.7 Å². The van der Waals surface area contributed by atoms with E-state index in [1.165, 1.54) is 0 Å². The summed E-state index contributed by atoms with van der Waals surface area (Å²) in [5, 5.41) is 7.57. The maximum atomic E-state index is 12.8. The molecule has 0 aliphatic rings. The normalized spacial score (nSPS) is 15.1. The van der Waals surface area contributed by atoms with Gasteiger partial charge in [0, 0.05) is 0 Å². The van der Waals surface area contributed by atoms with Gasteiger partial charge < -0.3 is 5.11 Å². The van der Waals surface area contributed by atoms with Gasteiger partial charge in [-0.3, -0.25) is 0 Å². The maximum Gasteiger partial charge on any atom is 0.460 e. The topological polar surface area (TPSA) is 37.3 Å². The molecule has 0 fully saturated rings. The van der Waals surface area contributed by atoms with Crippen molar-refractivity contribution in [2.75, 3.05) is 0 Å². The Balaban J connectivity index is 0. The Labute approximate surface area is 138 Å². The van der Waals surface area contributed by atoms with Crippen molar-refractivity contribution < 1.29 is 75.8 Å². The summed E-state index contributed by atoms with van der Waals surface area (Å²) < 4.78 is 187. The van der Waals surface area contributed by atoms with Crippen molar-refractivity contribution >= 4 is 5.97 Å². The molecule has 0 saturated carbocycles. The minimum Gasteiger partial charge on any atom is -0.477 e. The summed E-state index contributed by atoms with van der Waals surface area (Å²) in [6.45, 7) is 6.00. The smallest absolute Gasteiger partial charge is 0.460 e. The Hall–Kier alpha value is -1.84. The first kappa shape index (κ1) is 27.4. The van der Waals surface area contributed by atoms with Crippen LogP contribution in [0.25, 0.3) is 0 Å². The summed E-state index contributed by atoms with van der Waals surface area (Å²) in [6.07, 6.45) is -7.69. The molecule has 17 heteroatoms. The lowest BCUT2D eigenvalue weighted by Gasteiger charge is -2.40. The van der Waals surface area contributed by atoms with Crippen LogP contribution in [0, 0.1) is 0 Å².